The Morgan fingerprint density at radius 3 is 3.00 bits per heavy atom. The number of amides is 1. The Morgan fingerprint density at radius 1 is 1.55 bits per heavy atom. The van der Waals surface area contributed by atoms with E-state index in [0.717, 1.165) is 22.8 Å². The molecule has 1 aliphatic rings. The van der Waals surface area contributed by atoms with Gasteiger partial charge in [-0.15, -0.1) is 0 Å². The van der Waals surface area contributed by atoms with Crippen molar-refractivity contribution in [3.05, 3.63) is 35.0 Å². The number of nitrogens with zero attached hydrogens (tertiary/aromatic N) is 2. The molecule has 1 aromatic carbocycles. The topological polar surface area (TPSA) is 84.1 Å². The molecule has 1 aliphatic heterocycles. The van der Waals surface area contributed by atoms with Crippen LogP contribution in [0.25, 0.3) is 10.9 Å². The normalized spacial score (nSPS) is 18.0. The number of morpholine rings is 1. The van der Waals surface area contributed by atoms with Crippen LogP contribution >= 0.6 is 0 Å². The molecule has 0 saturated carbocycles. The van der Waals surface area contributed by atoms with Crippen LogP contribution in [0.5, 0.6) is 0 Å². The number of rotatable bonds is 3. The van der Waals surface area contributed by atoms with Crippen LogP contribution in [-0.2, 0) is 16.1 Å². The van der Waals surface area contributed by atoms with Crippen molar-refractivity contribution in [2.75, 3.05) is 13.2 Å². The maximum atomic E-state index is 11.1. The molecule has 2 aromatic rings. The zero-order valence-corrected chi connectivity index (χ0v) is 12.1. The summed E-state index contributed by atoms with van der Waals surface area (Å²) in [6, 6.07) is 7.57. The van der Waals surface area contributed by atoms with Crippen molar-refractivity contribution < 1.29 is 14.3 Å². The number of ether oxygens (including phenoxy) is 1. The Morgan fingerprint density at radius 2 is 2.36 bits per heavy atom. The minimum absolute atomic E-state index is 0.0417. The fourth-order valence-corrected chi connectivity index (χ4v) is 2.76. The van der Waals surface area contributed by atoms with Crippen LogP contribution < -0.4 is 5.32 Å². The third kappa shape index (κ3) is 2.36. The molecule has 0 radical (unpaired) electrons. The fraction of sp³-hybridized carbons (Fsp3) is 0.312. The van der Waals surface area contributed by atoms with Gasteiger partial charge in [0.05, 0.1) is 12.6 Å². The van der Waals surface area contributed by atoms with E-state index in [9.17, 15) is 14.9 Å². The summed E-state index contributed by atoms with van der Waals surface area (Å²) >= 11 is 0. The van der Waals surface area contributed by atoms with E-state index in [4.69, 9.17) is 4.74 Å². The van der Waals surface area contributed by atoms with E-state index in [-0.39, 0.29) is 18.6 Å². The first-order chi connectivity index (χ1) is 10.6. The first kappa shape index (κ1) is 14.3. The van der Waals surface area contributed by atoms with Crippen LogP contribution in [0.1, 0.15) is 21.6 Å². The average molecular weight is 297 g/mol. The Kier molecular flexibility index (Phi) is 3.65. The second-order valence-electron chi connectivity index (χ2n) is 5.32. The van der Waals surface area contributed by atoms with E-state index in [1.54, 1.807) is 12.1 Å². The molecule has 112 valence electrons. The number of hydrogen-bond donors (Lipinski definition) is 1. The minimum Gasteiger partial charge on any atom is -0.365 e. The Balaban J connectivity index is 2.01. The molecule has 2 heterocycles. The number of aryl methyl sites for hydroxylation is 1. The van der Waals surface area contributed by atoms with Crippen molar-refractivity contribution in [1.29, 1.82) is 5.26 Å². The number of aromatic nitrogens is 1. The van der Waals surface area contributed by atoms with E-state index in [2.05, 4.69) is 11.4 Å². The molecule has 3 rings (SSSR count). The predicted molar refractivity (Wildman–Crippen MR) is 79.5 cm³/mol. The molecule has 0 bridgehead atoms. The molecule has 1 fully saturated rings. The molecular weight excluding hydrogens is 282 g/mol. The van der Waals surface area contributed by atoms with Crippen molar-refractivity contribution in [2.24, 2.45) is 0 Å². The molecule has 0 aliphatic carbocycles. The van der Waals surface area contributed by atoms with Gasteiger partial charge in [0.15, 0.2) is 0 Å². The SMILES string of the molecule is Cc1c(C=O)ccc2c1cc(C#N)n2C[C@@H]1CNC(=O)CO1. The van der Waals surface area contributed by atoms with Crippen LogP contribution in [0, 0.1) is 18.3 Å². The van der Waals surface area contributed by atoms with Gasteiger partial charge >= 0.3 is 0 Å². The number of nitrogens with one attached hydrogen (secondary N) is 1. The Bertz CT molecular complexity index is 791. The number of carbonyl (C=O) groups is 2. The molecule has 22 heavy (non-hydrogen) atoms. The molecule has 1 atom stereocenters. The third-order valence-corrected chi connectivity index (χ3v) is 4.00. The summed E-state index contributed by atoms with van der Waals surface area (Å²) in [5.41, 5.74) is 2.89. The molecule has 0 unspecified atom stereocenters. The quantitative estimate of drug-likeness (QED) is 0.861. The van der Waals surface area contributed by atoms with Crippen LogP contribution in [0.3, 0.4) is 0 Å². The summed E-state index contributed by atoms with van der Waals surface area (Å²) in [7, 11) is 0. The summed E-state index contributed by atoms with van der Waals surface area (Å²) in [4.78, 5) is 22.2. The monoisotopic (exact) mass is 297 g/mol. The van der Waals surface area contributed by atoms with Gasteiger partial charge in [-0.1, -0.05) is 0 Å². The maximum Gasteiger partial charge on any atom is 0.246 e. The van der Waals surface area contributed by atoms with Crippen LogP contribution in [0.2, 0.25) is 0 Å². The molecule has 0 spiro atoms. The number of fused-ring (bicyclic) bond motifs is 1. The number of benzene rings is 1. The molecule has 1 aromatic heterocycles. The number of carbonyl (C=O) groups excluding carboxylic acids is 2. The van der Waals surface area contributed by atoms with E-state index in [1.807, 2.05) is 17.6 Å². The second kappa shape index (κ2) is 5.62. The lowest BCUT2D eigenvalue weighted by Gasteiger charge is -2.24. The molecule has 1 N–H and O–H groups in total. The summed E-state index contributed by atoms with van der Waals surface area (Å²) in [6.45, 7) is 2.82. The van der Waals surface area contributed by atoms with Crippen molar-refractivity contribution >= 4 is 23.1 Å². The highest BCUT2D eigenvalue weighted by Gasteiger charge is 2.21. The molecule has 6 nitrogen and oxygen atoms in total. The largest absolute Gasteiger partial charge is 0.365 e. The first-order valence-corrected chi connectivity index (χ1v) is 7.00. The first-order valence-electron chi connectivity index (χ1n) is 7.00. The van der Waals surface area contributed by atoms with Crippen molar-refractivity contribution in [3.63, 3.8) is 0 Å². The van der Waals surface area contributed by atoms with Crippen molar-refractivity contribution in [2.45, 2.75) is 19.6 Å². The number of hydrogen-bond acceptors (Lipinski definition) is 4. The average Bonchev–Trinajstić information content (AvgIpc) is 2.89. The molecule has 1 saturated heterocycles. The second-order valence-corrected chi connectivity index (χ2v) is 5.32. The van der Waals surface area contributed by atoms with E-state index in [0.29, 0.717) is 24.3 Å². The van der Waals surface area contributed by atoms with Gasteiger partial charge in [-0.2, -0.15) is 5.26 Å². The zero-order chi connectivity index (χ0) is 15.7. The fourth-order valence-electron chi connectivity index (χ4n) is 2.76. The summed E-state index contributed by atoms with van der Waals surface area (Å²) in [5.74, 6) is -0.124. The standard InChI is InChI=1S/C16H15N3O3/c1-10-11(8-20)2-3-15-14(10)4-12(5-17)19(15)7-13-6-18-16(21)9-22-13/h2-4,8,13H,6-7,9H2,1H3,(H,18,21)/t13-/m0/s1. The van der Waals surface area contributed by atoms with Crippen molar-refractivity contribution in [3.8, 4) is 6.07 Å². The lowest BCUT2D eigenvalue weighted by atomic mass is 10.1. The Hall–Kier alpha value is -2.65. The Labute approximate surface area is 127 Å². The lowest BCUT2D eigenvalue weighted by Crippen LogP contribution is -2.44. The van der Waals surface area contributed by atoms with Gasteiger partial charge in [0, 0.05) is 23.0 Å². The van der Waals surface area contributed by atoms with Gasteiger partial charge in [0.2, 0.25) is 5.91 Å². The highest BCUT2D eigenvalue weighted by molar-refractivity contribution is 5.92. The summed E-state index contributed by atoms with van der Waals surface area (Å²) in [5, 5.41) is 13.0. The maximum absolute atomic E-state index is 11.1. The van der Waals surface area contributed by atoms with Crippen molar-refractivity contribution in [1.82, 2.24) is 9.88 Å². The third-order valence-electron chi connectivity index (χ3n) is 4.00. The van der Waals surface area contributed by atoms with Gasteiger partial charge in [-0.3, -0.25) is 9.59 Å². The van der Waals surface area contributed by atoms with Gasteiger partial charge in [-0.05, 0) is 30.7 Å². The molecule has 1 amide bonds. The smallest absolute Gasteiger partial charge is 0.246 e. The highest BCUT2D eigenvalue weighted by atomic mass is 16.5. The van der Waals surface area contributed by atoms with Gasteiger partial charge < -0.3 is 14.6 Å². The van der Waals surface area contributed by atoms with E-state index < -0.39 is 0 Å². The minimum atomic E-state index is -0.175. The van der Waals surface area contributed by atoms with Crippen LogP contribution in [0.4, 0.5) is 0 Å². The van der Waals surface area contributed by atoms with Gasteiger partial charge in [0.25, 0.3) is 0 Å². The van der Waals surface area contributed by atoms with Crippen LogP contribution in [0.15, 0.2) is 18.2 Å². The predicted octanol–water partition coefficient (Wildman–Crippen LogP) is 1.15. The summed E-state index contributed by atoms with van der Waals surface area (Å²) in [6.07, 6.45) is 0.643. The van der Waals surface area contributed by atoms with Crippen LogP contribution in [-0.4, -0.2) is 36.0 Å². The number of aldehydes is 1. The van der Waals surface area contributed by atoms with E-state index >= 15 is 0 Å². The van der Waals surface area contributed by atoms with Gasteiger partial charge in [0.1, 0.15) is 24.7 Å². The molecule has 6 heteroatoms. The lowest BCUT2D eigenvalue weighted by molar-refractivity contribution is -0.133. The molecular formula is C16H15N3O3. The van der Waals surface area contributed by atoms with E-state index in [1.165, 1.54) is 0 Å². The number of nitriles is 1. The van der Waals surface area contributed by atoms with Gasteiger partial charge in [-0.25, -0.2) is 0 Å². The highest BCUT2D eigenvalue weighted by Crippen LogP contribution is 2.25. The zero-order valence-electron chi connectivity index (χ0n) is 12.1. The summed E-state index contributed by atoms with van der Waals surface area (Å²) < 4.78 is 7.36.